The van der Waals surface area contributed by atoms with Gasteiger partial charge < -0.3 is 4.42 Å². The van der Waals surface area contributed by atoms with Crippen LogP contribution in [0.5, 0.6) is 0 Å². The fourth-order valence-electron chi connectivity index (χ4n) is 4.28. The van der Waals surface area contributed by atoms with E-state index in [0.717, 1.165) is 27.1 Å². The van der Waals surface area contributed by atoms with Crippen molar-refractivity contribution in [2.45, 2.75) is 6.54 Å². The van der Waals surface area contributed by atoms with Crippen molar-refractivity contribution in [3.8, 4) is 0 Å². The number of benzene rings is 4. The van der Waals surface area contributed by atoms with Crippen molar-refractivity contribution in [1.82, 2.24) is 4.57 Å². The first-order chi connectivity index (χ1) is 15.0. The molecule has 6 heteroatoms. The van der Waals surface area contributed by atoms with Crippen LogP contribution in [0.4, 0.5) is 0 Å². The van der Waals surface area contributed by atoms with Crippen LogP contribution in [-0.4, -0.2) is 4.57 Å². The molecule has 6 nitrogen and oxygen atoms in total. The van der Waals surface area contributed by atoms with Crippen molar-refractivity contribution < 1.29 is 4.42 Å². The predicted octanol–water partition coefficient (Wildman–Crippen LogP) is 3.06. The molecule has 0 N–H and O–H groups in total. The lowest BCUT2D eigenvalue weighted by molar-refractivity contribution is 0.500. The van der Waals surface area contributed by atoms with E-state index in [1.54, 1.807) is 24.3 Å². The van der Waals surface area contributed by atoms with Crippen molar-refractivity contribution in [2.75, 3.05) is 0 Å². The Kier molecular flexibility index (Phi) is 3.44. The molecule has 0 radical (unpaired) electrons. The van der Waals surface area contributed by atoms with Crippen LogP contribution >= 0.6 is 0 Å². The molecule has 0 saturated heterocycles. The van der Waals surface area contributed by atoms with Gasteiger partial charge in [-0.15, -0.1) is 0 Å². The molecule has 31 heavy (non-hydrogen) atoms. The Hall–Kier alpha value is -4.32. The highest BCUT2D eigenvalue weighted by Crippen LogP contribution is 2.27. The third-order valence-corrected chi connectivity index (χ3v) is 5.83. The van der Waals surface area contributed by atoms with Crippen LogP contribution in [0.15, 0.2) is 90.3 Å². The monoisotopic (exact) mass is 407 g/mol. The molecule has 0 spiro atoms. The Morgan fingerprint density at radius 3 is 1.52 bits per heavy atom. The molecule has 0 unspecified atom stereocenters. The molecule has 4 aromatic carbocycles. The molecule has 0 aliphatic carbocycles. The molecule has 0 aliphatic heterocycles. The Morgan fingerprint density at radius 2 is 1.03 bits per heavy atom. The smallest absolute Gasteiger partial charge is 0.346 e. The van der Waals surface area contributed by atoms with E-state index in [9.17, 15) is 19.2 Å². The Morgan fingerprint density at radius 1 is 0.581 bits per heavy atom. The van der Waals surface area contributed by atoms with E-state index in [-0.39, 0.29) is 28.4 Å². The first kappa shape index (κ1) is 17.5. The average Bonchev–Trinajstić information content (AvgIpc) is 3.17. The van der Waals surface area contributed by atoms with Crippen LogP contribution in [0.25, 0.3) is 43.1 Å². The number of hydrogen-bond donors (Lipinski definition) is 0. The molecule has 0 saturated carbocycles. The highest BCUT2D eigenvalue weighted by atomic mass is 16.4. The maximum atomic E-state index is 13.0. The van der Waals surface area contributed by atoms with E-state index in [1.807, 2.05) is 42.5 Å². The van der Waals surface area contributed by atoms with Gasteiger partial charge >= 0.3 is 11.3 Å². The zero-order valence-electron chi connectivity index (χ0n) is 16.0. The molecular weight excluding hydrogens is 394 g/mol. The minimum absolute atomic E-state index is 0.211. The zero-order chi connectivity index (χ0) is 21.3. The maximum Gasteiger partial charge on any atom is 0.346 e. The second-order valence-corrected chi connectivity index (χ2v) is 7.70. The molecule has 0 fully saturated rings. The molecule has 2 aromatic heterocycles. The molecule has 2 heterocycles. The van der Waals surface area contributed by atoms with Gasteiger partial charge in [0.1, 0.15) is 0 Å². The summed E-state index contributed by atoms with van der Waals surface area (Å²) < 4.78 is 5.93. The maximum absolute atomic E-state index is 13.0. The van der Waals surface area contributed by atoms with Gasteiger partial charge in [0.2, 0.25) is 0 Å². The van der Waals surface area contributed by atoms with Gasteiger partial charge in [-0.05, 0) is 63.5 Å². The normalized spacial score (nSPS) is 11.9. The Bertz CT molecular complexity index is 1770. The van der Waals surface area contributed by atoms with Crippen molar-refractivity contribution in [2.24, 2.45) is 0 Å². The highest BCUT2D eigenvalue weighted by molar-refractivity contribution is 6.07. The molecule has 6 aromatic rings. The third-order valence-electron chi connectivity index (χ3n) is 5.83. The van der Waals surface area contributed by atoms with Gasteiger partial charge in [-0.25, -0.2) is 9.59 Å². The molecule has 0 amide bonds. The number of hydrogen-bond acceptors (Lipinski definition) is 5. The highest BCUT2D eigenvalue weighted by Gasteiger charge is 2.15. The molecule has 148 valence electrons. The minimum Gasteiger partial charge on any atom is -0.386 e. The summed E-state index contributed by atoms with van der Waals surface area (Å²) in [6, 6.07) is 19.7. The number of fused-ring (bicyclic) bond motifs is 4. The number of nitrogens with zero attached hydrogens (tertiary/aromatic N) is 1. The minimum atomic E-state index is -0.659. The standard InChI is InChI=1S/C25H13NO5/c27-22-18-8-14-6-16-10-20-21(25(30)31-24(20)29)11-17(16)7-15(14)9-19(18)23(28)26(22)12-13-4-2-1-3-5-13/h1-11H,12H2. The lowest BCUT2D eigenvalue weighted by Gasteiger charge is -2.02. The second kappa shape index (κ2) is 6.09. The van der Waals surface area contributed by atoms with Gasteiger partial charge in [0, 0.05) is 0 Å². The number of furan rings is 1. The van der Waals surface area contributed by atoms with E-state index < -0.39 is 11.3 Å². The van der Waals surface area contributed by atoms with Crippen LogP contribution in [-0.2, 0) is 6.54 Å². The van der Waals surface area contributed by atoms with E-state index in [4.69, 9.17) is 0 Å². The first-order valence-corrected chi connectivity index (χ1v) is 9.72. The lowest BCUT2D eigenvalue weighted by atomic mass is 10.00. The van der Waals surface area contributed by atoms with Gasteiger partial charge in [-0.3, -0.25) is 14.2 Å². The molecular formula is C25H13NO5. The summed E-state index contributed by atoms with van der Waals surface area (Å²) in [5.74, 6) is 0. The summed E-state index contributed by atoms with van der Waals surface area (Å²) in [6.07, 6.45) is 0. The molecule has 0 bridgehead atoms. The van der Waals surface area contributed by atoms with Crippen LogP contribution in [0, 0.1) is 0 Å². The summed E-state index contributed by atoms with van der Waals surface area (Å²) in [6.45, 7) is 0.211. The first-order valence-electron chi connectivity index (χ1n) is 9.72. The lowest BCUT2D eigenvalue weighted by Crippen LogP contribution is -2.25. The van der Waals surface area contributed by atoms with Crippen LogP contribution in [0.3, 0.4) is 0 Å². The van der Waals surface area contributed by atoms with Crippen LogP contribution in [0.1, 0.15) is 5.56 Å². The van der Waals surface area contributed by atoms with Crippen molar-refractivity contribution in [1.29, 1.82) is 0 Å². The largest absolute Gasteiger partial charge is 0.386 e. The molecule has 0 aliphatic rings. The second-order valence-electron chi connectivity index (χ2n) is 7.70. The summed E-state index contributed by atoms with van der Waals surface area (Å²) >= 11 is 0. The summed E-state index contributed by atoms with van der Waals surface area (Å²) in [5, 5.41) is 4.23. The fourth-order valence-corrected chi connectivity index (χ4v) is 4.28. The summed E-state index contributed by atoms with van der Waals surface area (Å²) in [4.78, 5) is 49.7. The van der Waals surface area contributed by atoms with E-state index in [2.05, 4.69) is 4.42 Å². The van der Waals surface area contributed by atoms with Crippen LogP contribution < -0.4 is 22.4 Å². The SMILES string of the molecule is O=c1oc(=O)c2cc3cc4cc5c(=O)n(Cc6ccccc6)c(=O)c5cc4cc3cc12. The summed E-state index contributed by atoms with van der Waals surface area (Å²) in [7, 11) is 0. The van der Waals surface area contributed by atoms with Gasteiger partial charge in [-0.1, -0.05) is 30.3 Å². The quantitative estimate of drug-likeness (QED) is 0.412. The zero-order valence-corrected chi connectivity index (χ0v) is 16.0. The molecule has 0 atom stereocenters. The van der Waals surface area contributed by atoms with Crippen molar-refractivity contribution in [3.63, 3.8) is 0 Å². The van der Waals surface area contributed by atoms with Gasteiger partial charge in [0.05, 0.1) is 28.1 Å². The van der Waals surface area contributed by atoms with Gasteiger partial charge in [0.25, 0.3) is 11.1 Å². The predicted molar refractivity (Wildman–Crippen MR) is 120 cm³/mol. The van der Waals surface area contributed by atoms with E-state index in [1.165, 1.54) is 4.57 Å². The Balaban J connectivity index is 1.63. The van der Waals surface area contributed by atoms with E-state index in [0.29, 0.717) is 10.8 Å². The summed E-state index contributed by atoms with van der Waals surface area (Å²) in [5.41, 5.74) is -1.09. The molecule has 6 rings (SSSR count). The van der Waals surface area contributed by atoms with Crippen molar-refractivity contribution >= 4 is 43.1 Å². The van der Waals surface area contributed by atoms with Crippen LogP contribution in [0.2, 0.25) is 0 Å². The van der Waals surface area contributed by atoms with Gasteiger partial charge in [0.15, 0.2) is 0 Å². The van der Waals surface area contributed by atoms with Gasteiger partial charge in [-0.2, -0.15) is 0 Å². The van der Waals surface area contributed by atoms with E-state index >= 15 is 0 Å². The topological polar surface area (TPSA) is 86.3 Å². The fraction of sp³-hybridized carbons (Fsp3) is 0.0400. The number of aromatic nitrogens is 1. The Labute approximate surface area is 172 Å². The van der Waals surface area contributed by atoms with Crippen molar-refractivity contribution in [3.05, 3.63) is 114 Å². The average molecular weight is 407 g/mol. The number of rotatable bonds is 2. The third kappa shape index (κ3) is 2.51.